The van der Waals surface area contributed by atoms with E-state index in [2.05, 4.69) is 15.9 Å². The number of rotatable bonds is 3. The fourth-order valence-corrected chi connectivity index (χ4v) is 2.14. The number of nitro groups is 1. The molecular formula is C14H9BrN2O3. The average molecular weight is 333 g/mol. The highest BCUT2D eigenvalue weighted by atomic mass is 79.9. The molecule has 0 aliphatic rings. The van der Waals surface area contributed by atoms with Crippen LogP contribution in [0.2, 0.25) is 0 Å². The number of aryl methyl sites for hydroxylation is 1. The Balaban J connectivity index is 2.29. The van der Waals surface area contributed by atoms with Crippen molar-refractivity contribution in [2.24, 2.45) is 0 Å². The molecule has 2 aromatic rings. The second-order valence-corrected chi connectivity index (χ2v) is 4.92. The van der Waals surface area contributed by atoms with Crippen LogP contribution >= 0.6 is 15.9 Å². The molecule has 6 heteroatoms. The van der Waals surface area contributed by atoms with Crippen LogP contribution in [0.15, 0.2) is 40.9 Å². The summed E-state index contributed by atoms with van der Waals surface area (Å²) in [7, 11) is 0. The smallest absolute Gasteiger partial charge is 0.272 e. The number of nitrogens with zero attached hydrogens (tertiary/aromatic N) is 2. The van der Waals surface area contributed by atoms with Gasteiger partial charge >= 0.3 is 0 Å². The number of hydrogen-bond acceptors (Lipinski definition) is 4. The minimum atomic E-state index is -0.434. The summed E-state index contributed by atoms with van der Waals surface area (Å²) < 4.78 is 6.29. The highest BCUT2D eigenvalue weighted by Crippen LogP contribution is 2.32. The summed E-state index contributed by atoms with van der Waals surface area (Å²) in [5.74, 6) is 1.04. The van der Waals surface area contributed by atoms with Crippen molar-refractivity contribution < 1.29 is 9.66 Å². The molecule has 0 spiro atoms. The summed E-state index contributed by atoms with van der Waals surface area (Å²) in [5, 5.41) is 19.5. The van der Waals surface area contributed by atoms with E-state index in [1.165, 1.54) is 12.1 Å². The van der Waals surface area contributed by atoms with E-state index in [1.54, 1.807) is 31.2 Å². The van der Waals surface area contributed by atoms with Crippen LogP contribution in [0.1, 0.15) is 11.1 Å². The minimum Gasteiger partial charge on any atom is -0.456 e. The molecule has 0 aliphatic heterocycles. The highest BCUT2D eigenvalue weighted by Gasteiger charge is 2.12. The van der Waals surface area contributed by atoms with Crippen molar-refractivity contribution in [3.63, 3.8) is 0 Å². The zero-order valence-electron chi connectivity index (χ0n) is 10.5. The molecule has 0 aromatic heterocycles. The molecule has 0 bridgehead atoms. The van der Waals surface area contributed by atoms with Crippen LogP contribution in [0, 0.1) is 28.4 Å². The summed E-state index contributed by atoms with van der Waals surface area (Å²) in [6.45, 7) is 1.65. The van der Waals surface area contributed by atoms with Crippen molar-refractivity contribution in [2.75, 3.05) is 0 Å². The molecule has 0 saturated heterocycles. The molecule has 100 valence electrons. The summed E-state index contributed by atoms with van der Waals surface area (Å²) in [6, 6.07) is 11.5. The topological polar surface area (TPSA) is 76.2 Å². The molecule has 0 fully saturated rings. The van der Waals surface area contributed by atoms with Crippen LogP contribution < -0.4 is 4.74 Å². The number of halogens is 1. The molecule has 0 heterocycles. The van der Waals surface area contributed by atoms with Gasteiger partial charge in [0.25, 0.3) is 5.69 Å². The zero-order chi connectivity index (χ0) is 14.7. The lowest BCUT2D eigenvalue weighted by Crippen LogP contribution is -1.93. The van der Waals surface area contributed by atoms with Gasteiger partial charge in [0, 0.05) is 11.6 Å². The van der Waals surface area contributed by atoms with Gasteiger partial charge in [-0.3, -0.25) is 10.1 Å². The molecule has 0 unspecified atom stereocenters. The molecule has 0 aliphatic carbocycles. The summed E-state index contributed by atoms with van der Waals surface area (Å²) in [6.07, 6.45) is 0. The van der Waals surface area contributed by atoms with E-state index in [9.17, 15) is 10.1 Å². The monoisotopic (exact) mass is 332 g/mol. The molecule has 5 nitrogen and oxygen atoms in total. The molecule has 0 N–H and O–H groups in total. The molecule has 2 rings (SSSR count). The number of hydrogen-bond donors (Lipinski definition) is 0. The van der Waals surface area contributed by atoms with Gasteiger partial charge < -0.3 is 4.74 Å². The van der Waals surface area contributed by atoms with Gasteiger partial charge in [0.2, 0.25) is 0 Å². The van der Waals surface area contributed by atoms with Crippen LogP contribution in [-0.4, -0.2) is 4.92 Å². The fraction of sp³-hybridized carbons (Fsp3) is 0.0714. The quantitative estimate of drug-likeness (QED) is 0.619. The zero-order valence-corrected chi connectivity index (χ0v) is 12.0. The normalized spacial score (nSPS) is 9.85. The van der Waals surface area contributed by atoms with Crippen molar-refractivity contribution in [1.29, 1.82) is 5.26 Å². The lowest BCUT2D eigenvalue weighted by Gasteiger charge is -2.08. The van der Waals surface area contributed by atoms with Crippen LogP contribution in [-0.2, 0) is 0 Å². The van der Waals surface area contributed by atoms with Crippen LogP contribution in [0.25, 0.3) is 0 Å². The van der Waals surface area contributed by atoms with Gasteiger partial charge in [-0.1, -0.05) is 0 Å². The second-order valence-electron chi connectivity index (χ2n) is 4.06. The predicted molar refractivity (Wildman–Crippen MR) is 76.8 cm³/mol. The third-order valence-electron chi connectivity index (χ3n) is 2.65. The van der Waals surface area contributed by atoms with E-state index >= 15 is 0 Å². The maximum atomic E-state index is 10.7. The SMILES string of the molecule is Cc1cc(Oc2ccc(C#N)cc2Br)ccc1[N+](=O)[O-]. The Morgan fingerprint density at radius 2 is 2.05 bits per heavy atom. The molecule has 0 amide bonds. The first-order valence-electron chi connectivity index (χ1n) is 5.64. The van der Waals surface area contributed by atoms with E-state index < -0.39 is 4.92 Å². The Bertz CT molecular complexity index is 723. The third kappa shape index (κ3) is 2.95. The second kappa shape index (κ2) is 5.72. The summed E-state index contributed by atoms with van der Waals surface area (Å²) in [4.78, 5) is 10.3. The molecular weight excluding hydrogens is 324 g/mol. The summed E-state index contributed by atoms with van der Waals surface area (Å²) >= 11 is 3.32. The molecule has 20 heavy (non-hydrogen) atoms. The third-order valence-corrected chi connectivity index (χ3v) is 3.27. The van der Waals surface area contributed by atoms with Gasteiger partial charge in [0.05, 0.1) is 21.0 Å². The highest BCUT2D eigenvalue weighted by molar-refractivity contribution is 9.10. The van der Waals surface area contributed by atoms with Crippen molar-refractivity contribution in [1.82, 2.24) is 0 Å². The number of nitro benzene ring substituents is 1. The molecule has 0 radical (unpaired) electrons. The van der Waals surface area contributed by atoms with Gasteiger partial charge in [-0.25, -0.2) is 0 Å². The number of benzene rings is 2. The van der Waals surface area contributed by atoms with Crippen LogP contribution in [0.3, 0.4) is 0 Å². The molecule has 0 atom stereocenters. The number of nitriles is 1. The van der Waals surface area contributed by atoms with Crippen LogP contribution in [0.4, 0.5) is 5.69 Å². The Labute approximate surface area is 123 Å². The van der Waals surface area contributed by atoms with Crippen molar-refractivity contribution in [2.45, 2.75) is 6.92 Å². The first-order valence-corrected chi connectivity index (χ1v) is 6.43. The van der Waals surface area contributed by atoms with Gasteiger partial charge in [-0.15, -0.1) is 0 Å². The first kappa shape index (κ1) is 14.0. The standard InChI is InChI=1S/C14H9BrN2O3/c1-9-6-11(3-4-13(9)17(18)19)20-14-5-2-10(8-16)7-12(14)15/h2-7H,1H3. The largest absolute Gasteiger partial charge is 0.456 e. The van der Waals surface area contributed by atoms with Gasteiger partial charge in [0.15, 0.2) is 0 Å². The van der Waals surface area contributed by atoms with E-state index in [0.717, 1.165) is 0 Å². The van der Waals surface area contributed by atoms with Gasteiger partial charge in [0.1, 0.15) is 11.5 Å². The Morgan fingerprint density at radius 3 is 2.60 bits per heavy atom. The average Bonchev–Trinajstić information content (AvgIpc) is 2.40. The van der Waals surface area contributed by atoms with E-state index in [-0.39, 0.29) is 5.69 Å². The van der Waals surface area contributed by atoms with Crippen molar-refractivity contribution in [3.8, 4) is 17.6 Å². The first-order chi connectivity index (χ1) is 9.51. The van der Waals surface area contributed by atoms with Gasteiger partial charge in [-0.05, 0) is 53.2 Å². The lowest BCUT2D eigenvalue weighted by atomic mass is 10.2. The van der Waals surface area contributed by atoms with E-state index in [4.69, 9.17) is 10.00 Å². The fourth-order valence-electron chi connectivity index (χ4n) is 1.68. The maximum Gasteiger partial charge on any atom is 0.272 e. The maximum absolute atomic E-state index is 10.7. The molecule has 2 aromatic carbocycles. The van der Waals surface area contributed by atoms with Crippen molar-refractivity contribution in [3.05, 3.63) is 62.1 Å². The van der Waals surface area contributed by atoms with Gasteiger partial charge in [-0.2, -0.15) is 5.26 Å². The lowest BCUT2D eigenvalue weighted by molar-refractivity contribution is -0.385. The Hall–Kier alpha value is -2.39. The van der Waals surface area contributed by atoms with E-state index in [1.807, 2.05) is 6.07 Å². The molecule has 0 saturated carbocycles. The van der Waals surface area contributed by atoms with Crippen molar-refractivity contribution >= 4 is 21.6 Å². The summed E-state index contributed by atoms with van der Waals surface area (Å²) in [5.41, 5.74) is 1.10. The Kier molecular flexibility index (Phi) is 4.01. The number of ether oxygens (including phenoxy) is 1. The minimum absolute atomic E-state index is 0.0521. The Morgan fingerprint density at radius 1 is 1.30 bits per heavy atom. The predicted octanol–water partition coefficient (Wildman–Crippen LogP) is 4.33. The van der Waals surface area contributed by atoms with E-state index in [0.29, 0.717) is 27.1 Å². The van der Waals surface area contributed by atoms with Crippen LogP contribution in [0.5, 0.6) is 11.5 Å².